The van der Waals surface area contributed by atoms with Crippen molar-refractivity contribution in [2.45, 2.75) is 39.4 Å². The lowest BCUT2D eigenvalue weighted by molar-refractivity contribution is -0.123. The molecular weight excluding hydrogens is 356 g/mol. The topological polar surface area (TPSA) is 64.6 Å². The van der Waals surface area contributed by atoms with Crippen molar-refractivity contribution in [3.05, 3.63) is 59.7 Å². The van der Waals surface area contributed by atoms with Crippen LogP contribution in [0.1, 0.15) is 42.6 Å². The molecule has 0 fully saturated rings. The predicted octanol–water partition coefficient (Wildman–Crippen LogP) is 4.60. The molecule has 0 aromatic heterocycles. The highest BCUT2D eigenvalue weighted by molar-refractivity contribution is 5.97. The number of rotatable bonds is 7. The highest BCUT2D eigenvalue weighted by Crippen LogP contribution is 2.24. The highest BCUT2D eigenvalue weighted by Gasteiger charge is 2.20. The van der Waals surface area contributed by atoms with Gasteiger partial charge < -0.3 is 14.8 Å². The van der Waals surface area contributed by atoms with Crippen molar-refractivity contribution >= 4 is 17.6 Å². The van der Waals surface area contributed by atoms with Crippen LogP contribution in [0.4, 0.5) is 14.5 Å². The van der Waals surface area contributed by atoms with E-state index >= 15 is 0 Å². The van der Waals surface area contributed by atoms with Gasteiger partial charge in [-0.3, -0.25) is 4.79 Å². The average molecular weight is 377 g/mol. The number of benzene rings is 2. The van der Waals surface area contributed by atoms with Gasteiger partial charge in [-0.05, 0) is 48.7 Å². The summed E-state index contributed by atoms with van der Waals surface area (Å²) in [7, 11) is 0. The summed E-state index contributed by atoms with van der Waals surface area (Å²) in [6, 6.07) is 12.4. The Balaban J connectivity index is 1.98. The minimum Gasteiger partial charge on any atom is -0.449 e. The van der Waals surface area contributed by atoms with Gasteiger partial charge in [0, 0.05) is 5.69 Å². The Labute approximate surface area is 156 Å². The number of carbonyl (C=O) groups is 2. The Bertz CT molecular complexity index is 791. The van der Waals surface area contributed by atoms with E-state index in [1.54, 1.807) is 12.1 Å². The molecule has 5 nitrogen and oxygen atoms in total. The zero-order valence-corrected chi connectivity index (χ0v) is 15.2. The molecule has 1 N–H and O–H groups in total. The number of carbonyl (C=O) groups excluding carboxylic acids is 2. The first kappa shape index (κ1) is 20.4. The van der Waals surface area contributed by atoms with Crippen molar-refractivity contribution in [1.29, 1.82) is 0 Å². The van der Waals surface area contributed by atoms with E-state index in [-0.39, 0.29) is 17.2 Å². The van der Waals surface area contributed by atoms with Gasteiger partial charge in [-0.2, -0.15) is 8.78 Å². The Kier molecular flexibility index (Phi) is 6.87. The second-order valence-corrected chi connectivity index (χ2v) is 6.18. The molecule has 2 rings (SSSR count). The van der Waals surface area contributed by atoms with Gasteiger partial charge in [-0.1, -0.05) is 32.0 Å². The van der Waals surface area contributed by atoms with Crippen molar-refractivity contribution in [3.63, 3.8) is 0 Å². The molecule has 0 radical (unpaired) electrons. The highest BCUT2D eigenvalue weighted by atomic mass is 19.3. The third-order valence-corrected chi connectivity index (χ3v) is 3.81. The first-order valence-corrected chi connectivity index (χ1v) is 8.43. The Morgan fingerprint density at radius 1 is 0.963 bits per heavy atom. The molecule has 0 bridgehead atoms. The SMILES string of the molecule is CC(C)c1ccccc1NC(=O)[C@H](C)OC(=O)c1ccc(OC(F)F)cc1. The summed E-state index contributed by atoms with van der Waals surface area (Å²) in [6.45, 7) is 2.53. The molecule has 0 unspecified atom stereocenters. The first-order chi connectivity index (χ1) is 12.8. The fourth-order valence-corrected chi connectivity index (χ4v) is 2.40. The van der Waals surface area contributed by atoms with E-state index in [1.165, 1.54) is 31.2 Å². The smallest absolute Gasteiger partial charge is 0.387 e. The van der Waals surface area contributed by atoms with Gasteiger partial charge in [0.25, 0.3) is 5.91 Å². The lowest BCUT2D eigenvalue weighted by atomic mass is 10.0. The van der Waals surface area contributed by atoms with Crippen LogP contribution >= 0.6 is 0 Å². The van der Waals surface area contributed by atoms with E-state index in [0.717, 1.165) is 5.56 Å². The summed E-state index contributed by atoms with van der Waals surface area (Å²) >= 11 is 0. The van der Waals surface area contributed by atoms with Crippen molar-refractivity contribution in [3.8, 4) is 5.75 Å². The molecule has 7 heteroatoms. The minimum atomic E-state index is -2.94. The van der Waals surface area contributed by atoms with Crippen LogP contribution in [0, 0.1) is 0 Å². The third-order valence-electron chi connectivity index (χ3n) is 3.81. The number of hydrogen-bond donors (Lipinski definition) is 1. The van der Waals surface area contributed by atoms with Crippen molar-refractivity contribution in [2.24, 2.45) is 0 Å². The third kappa shape index (κ3) is 5.77. The van der Waals surface area contributed by atoms with Crippen molar-refractivity contribution < 1.29 is 27.8 Å². The van der Waals surface area contributed by atoms with Gasteiger partial charge in [0.1, 0.15) is 5.75 Å². The zero-order chi connectivity index (χ0) is 20.0. The zero-order valence-electron chi connectivity index (χ0n) is 15.2. The monoisotopic (exact) mass is 377 g/mol. The number of anilines is 1. The van der Waals surface area contributed by atoms with Crippen LogP contribution in [0.25, 0.3) is 0 Å². The molecule has 1 atom stereocenters. The van der Waals surface area contributed by atoms with Crippen LogP contribution < -0.4 is 10.1 Å². The largest absolute Gasteiger partial charge is 0.449 e. The molecule has 2 aromatic rings. The van der Waals surface area contributed by atoms with E-state index in [2.05, 4.69) is 10.1 Å². The molecule has 2 aromatic carbocycles. The molecule has 0 aliphatic carbocycles. The molecule has 0 heterocycles. The second-order valence-electron chi connectivity index (χ2n) is 6.18. The van der Waals surface area contributed by atoms with Gasteiger partial charge >= 0.3 is 12.6 Å². The van der Waals surface area contributed by atoms with Crippen LogP contribution in [0.2, 0.25) is 0 Å². The minimum absolute atomic E-state index is 0.0716. The van der Waals surface area contributed by atoms with Crippen molar-refractivity contribution in [1.82, 2.24) is 0 Å². The number of ether oxygens (including phenoxy) is 2. The summed E-state index contributed by atoms with van der Waals surface area (Å²) in [6.07, 6.45) is -1.03. The summed E-state index contributed by atoms with van der Waals surface area (Å²) < 4.78 is 33.6. The first-order valence-electron chi connectivity index (χ1n) is 8.43. The molecule has 144 valence electrons. The van der Waals surface area contributed by atoms with Crippen molar-refractivity contribution in [2.75, 3.05) is 5.32 Å². The lowest BCUT2D eigenvalue weighted by Crippen LogP contribution is -2.30. The van der Waals surface area contributed by atoms with E-state index < -0.39 is 24.6 Å². The van der Waals surface area contributed by atoms with E-state index in [0.29, 0.717) is 5.69 Å². The maximum atomic E-state index is 12.3. The van der Waals surface area contributed by atoms with Crippen LogP contribution in [-0.2, 0) is 9.53 Å². The molecular formula is C20H21F2NO4. The maximum absolute atomic E-state index is 12.3. The molecule has 0 saturated carbocycles. The van der Waals surface area contributed by atoms with E-state index in [1.807, 2.05) is 26.0 Å². The molecule has 0 spiro atoms. The summed E-state index contributed by atoms with van der Waals surface area (Å²) in [4.78, 5) is 24.5. The van der Waals surface area contributed by atoms with Gasteiger partial charge in [0.05, 0.1) is 5.56 Å². The Morgan fingerprint density at radius 2 is 1.59 bits per heavy atom. The second kappa shape index (κ2) is 9.12. The Morgan fingerprint density at radius 3 is 2.19 bits per heavy atom. The maximum Gasteiger partial charge on any atom is 0.387 e. The fourth-order valence-electron chi connectivity index (χ4n) is 2.40. The lowest BCUT2D eigenvalue weighted by Gasteiger charge is -2.17. The Hall–Kier alpha value is -2.96. The van der Waals surface area contributed by atoms with Crippen LogP contribution in [0.3, 0.4) is 0 Å². The van der Waals surface area contributed by atoms with Crippen LogP contribution in [0.5, 0.6) is 5.75 Å². The molecule has 0 aliphatic rings. The molecule has 0 aliphatic heterocycles. The number of amides is 1. The van der Waals surface area contributed by atoms with Gasteiger partial charge in [0.2, 0.25) is 0 Å². The molecule has 0 saturated heterocycles. The van der Waals surface area contributed by atoms with Gasteiger partial charge in [-0.25, -0.2) is 4.79 Å². The van der Waals surface area contributed by atoms with Gasteiger partial charge in [0.15, 0.2) is 6.10 Å². The summed E-state index contributed by atoms with van der Waals surface area (Å²) in [5.41, 5.74) is 1.76. The number of alkyl halides is 2. The number of halogens is 2. The van der Waals surface area contributed by atoms with Crippen LogP contribution in [-0.4, -0.2) is 24.6 Å². The summed E-state index contributed by atoms with van der Waals surface area (Å²) in [5.74, 6) is -1.06. The fraction of sp³-hybridized carbons (Fsp3) is 0.300. The van der Waals surface area contributed by atoms with Crippen LogP contribution in [0.15, 0.2) is 48.5 Å². The predicted molar refractivity (Wildman–Crippen MR) is 97.1 cm³/mol. The molecule has 1 amide bonds. The average Bonchev–Trinajstić information content (AvgIpc) is 2.61. The standard InChI is InChI=1S/C20H21F2NO4/c1-12(2)16-6-4-5-7-17(16)23-18(24)13(3)26-19(25)14-8-10-15(11-9-14)27-20(21)22/h4-13,20H,1-3H3,(H,23,24)/t13-/m0/s1. The quantitative estimate of drug-likeness (QED) is 0.717. The number of hydrogen-bond acceptors (Lipinski definition) is 4. The van der Waals surface area contributed by atoms with E-state index in [4.69, 9.17) is 4.74 Å². The number of esters is 1. The van der Waals surface area contributed by atoms with E-state index in [9.17, 15) is 18.4 Å². The molecule has 27 heavy (non-hydrogen) atoms. The summed E-state index contributed by atoms with van der Waals surface area (Å²) in [5, 5.41) is 2.76. The normalized spacial score (nSPS) is 12.0. The number of nitrogens with one attached hydrogen (secondary N) is 1. The number of para-hydroxylation sites is 1. The van der Waals surface area contributed by atoms with Gasteiger partial charge in [-0.15, -0.1) is 0 Å².